The minimum Gasteiger partial charge on any atom is -0.361 e. The molecule has 1 unspecified atom stereocenters. The third-order valence-electron chi connectivity index (χ3n) is 6.69. The van der Waals surface area contributed by atoms with Crippen molar-refractivity contribution in [1.82, 2.24) is 20.3 Å². The minimum absolute atomic E-state index is 0.259. The molecule has 2 aromatic carbocycles. The summed E-state index contributed by atoms with van der Waals surface area (Å²) in [4.78, 5) is 20.4. The van der Waals surface area contributed by atoms with Crippen LogP contribution in [0.25, 0.3) is 17.0 Å². The van der Waals surface area contributed by atoms with Crippen LogP contribution in [0.1, 0.15) is 40.4 Å². The highest BCUT2D eigenvalue weighted by atomic mass is 35.5. The first kappa shape index (κ1) is 23.7. The maximum atomic E-state index is 11.3. The van der Waals surface area contributed by atoms with Gasteiger partial charge in [-0.15, -0.1) is 0 Å². The predicted molar refractivity (Wildman–Crippen MR) is 140 cm³/mol. The van der Waals surface area contributed by atoms with E-state index < -0.39 is 5.91 Å². The van der Waals surface area contributed by atoms with Gasteiger partial charge in [0.1, 0.15) is 5.15 Å². The van der Waals surface area contributed by atoms with Crippen molar-refractivity contribution < 1.29 is 10.0 Å². The second-order valence-corrected chi connectivity index (χ2v) is 9.64. The Morgan fingerprint density at radius 2 is 2.06 bits per heavy atom. The van der Waals surface area contributed by atoms with Gasteiger partial charge in [0, 0.05) is 48.0 Å². The standard InChI is InChI=1S/C27H26Cl2N4O2/c28-23-14-20(31-27(23)29)16-33(12-11-19-15-30-24-4-2-1-3-21(19)24)25-9-7-18-13-17(5-8-22(18)25)6-10-26(34)32-35/h1-6,8,10,13-15,25,30-31,35H,7,9,11-12,16H2,(H,32,34). The molecule has 1 aliphatic carbocycles. The summed E-state index contributed by atoms with van der Waals surface area (Å²) in [6.07, 6.45) is 8.01. The molecule has 2 heterocycles. The molecule has 0 radical (unpaired) electrons. The first-order valence-electron chi connectivity index (χ1n) is 11.6. The maximum Gasteiger partial charge on any atom is 0.267 e. The van der Waals surface area contributed by atoms with Crippen LogP contribution in [0, 0.1) is 0 Å². The molecular formula is C27H26Cl2N4O2. The topological polar surface area (TPSA) is 84.2 Å². The highest BCUT2D eigenvalue weighted by Crippen LogP contribution is 2.38. The molecule has 0 fully saturated rings. The van der Waals surface area contributed by atoms with E-state index in [1.807, 2.05) is 18.2 Å². The number of nitrogens with one attached hydrogen (secondary N) is 3. The Morgan fingerprint density at radius 1 is 1.20 bits per heavy atom. The fourth-order valence-electron chi connectivity index (χ4n) is 5.01. The van der Waals surface area contributed by atoms with Gasteiger partial charge in [0.05, 0.1) is 5.02 Å². The molecule has 6 nitrogen and oxygen atoms in total. The van der Waals surface area contributed by atoms with Gasteiger partial charge in [-0.05, 0) is 59.7 Å². The Balaban J connectivity index is 1.40. The van der Waals surface area contributed by atoms with Crippen LogP contribution in [-0.2, 0) is 24.2 Å². The molecule has 0 bridgehead atoms. The van der Waals surface area contributed by atoms with E-state index in [0.717, 1.165) is 42.6 Å². The quantitative estimate of drug-likeness (QED) is 0.133. The fraction of sp³-hybridized carbons (Fsp3) is 0.222. The van der Waals surface area contributed by atoms with Crippen molar-refractivity contribution >= 4 is 46.1 Å². The number of nitrogens with zero attached hydrogens (tertiary/aromatic N) is 1. The molecule has 0 aliphatic heterocycles. The number of halogens is 2. The maximum absolute atomic E-state index is 11.3. The van der Waals surface area contributed by atoms with Crippen LogP contribution < -0.4 is 5.48 Å². The number of benzene rings is 2. The lowest BCUT2D eigenvalue weighted by Gasteiger charge is -2.29. The average molecular weight is 509 g/mol. The summed E-state index contributed by atoms with van der Waals surface area (Å²) in [5.74, 6) is -0.546. The number of para-hydroxylation sites is 1. The normalized spacial score (nSPS) is 15.4. The molecule has 35 heavy (non-hydrogen) atoms. The summed E-state index contributed by atoms with van der Waals surface area (Å²) < 4.78 is 0. The van der Waals surface area contributed by atoms with Crippen LogP contribution in [0.2, 0.25) is 10.2 Å². The lowest BCUT2D eigenvalue weighted by molar-refractivity contribution is -0.124. The molecule has 1 amide bonds. The van der Waals surface area contributed by atoms with Gasteiger partial charge in [0.25, 0.3) is 5.91 Å². The van der Waals surface area contributed by atoms with Crippen molar-refractivity contribution in [2.24, 2.45) is 0 Å². The van der Waals surface area contributed by atoms with Crippen LogP contribution in [0.3, 0.4) is 0 Å². The molecule has 2 aromatic heterocycles. The first-order valence-corrected chi connectivity index (χ1v) is 12.3. The predicted octanol–water partition coefficient (Wildman–Crippen LogP) is 6.05. The SMILES string of the molecule is O=C(C=Cc1ccc2c(c1)CCC2N(CCc1c[nH]c2ccccc12)Cc1cc(Cl)c(Cl)[nH]1)NO. The van der Waals surface area contributed by atoms with Gasteiger partial charge in [-0.3, -0.25) is 14.9 Å². The van der Waals surface area contributed by atoms with Gasteiger partial charge in [0.15, 0.2) is 0 Å². The summed E-state index contributed by atoms with van der Waals surface area (Å²) in [5.41, 5.74) is 8.57. The average Bonchev–Trinajstić information content (AvgIpc) is 3.56. The second kappa shape index (κ2) is 10.3. The Morgan fingerprint density at radius 3 is 2.86 bits per heavy atom. The Labute approximate surface area is 213 Å². The number of fused-ring (bicyclic) bond motifs is 2. The van der Waals surface area contributed by atoms with E-state index in [9.17, 15) is 4.79 Å². The smallest absolute Gasteiger partial charge is 0.267 e. The van der Waals surface area contributed by atoms with Crippen molar-refractivity contribution in [3.05, 3.63) is 98.9 Å². The molecular weight excluding hydrogens is 483 g/mol. The van der Waals surface area contributed by atoms with E-state index in [4.69, 9.17) is 28.4 Å². The fourth-order valence-corrected chi connectivity index (χ4v) is 5.37. The van der Waals surface area contributed by atoms with E-state index in [2.05, 4.69) is 51.4 Å². The lowest BCUT2D eigenvalue weighted by Crippen LogP contribution is -2.29. The largest absolute Gasteiger partial charge is 0.361 e. The van der Waals surface area contributed by atoms with Crippen LogP contribution in [0.15, 0.2) is 60.8 Å². The molecule has 8 heteroatoms. The summed E-state index contributed by atoms with van der Waals surface area (Å²) in [6.45, 7) is 1.58. The van der Waals surface area contributed by atoms with Crippen molar-refractivity contribution in [1.29, 1.82) is 0 Å². The van der Waals surface area contributed by atoms with Gasteiger partial charge in [-0.2, -0.15) is 0 Å². The summed E-state index contributed by atoms with van der Waals surface area (Å²) in [5, 5.41) is 11.0. The van der Waals surface area contributed by atoms with E-state index in [-0.39, 0.29) is 6.04 Å². The number of hydroxylamine groups is 1. The Hall–Kier alpha value is -3.03. The van der Waals surface area contributed by atoms with Crippen molar-refractivity contribution in [3.8, 4) is 0 Å². The van der Waals surface area contributed by atoms with Crippen LogP contribution in [-0.4, -0.2) is 32.5 Å². The van der Waals surface area contributed by atoms with Gasteiger partial charge in [0.2, 0.25) is 0 Å². The molecule has 180 valence electrons. The molecule has 4 aromatic rings. The monoisotopic (exact) mass is 508 g/mol. The van der Waals surface area contributed by atoms with E-state index in [1.54, 1.807) is 11.6 Å². The van der Waals surface area contributed by atoms with E-state index >= 15 is 0 Å². The number of carbonyl (C=O) groups excluding carboxylic acids is 1. The molecule has 0 saturated carbocycles. The Kier molecular flexibility index (Phi) is 6.97. The zero-order valence-corrected chi connectivity index (χ0v) is 20.5. The lowest BCUT2D eigenvalue weighted by atomic mass is 10.0. The summed E-state index contributed by atoms with van der Waals surface area (Å²) in [7, 11) is 0. The third kappa shape index (κ3) is 5.16. The van der Waals surface area contributed by atoms with Crippen LogP contribution in [0.4, 0.5) is 0 Å². The zero-order chi connectivity index (χ0) is 24.4. The van der Waals surface area contributed by atoms with Crippen LogP contribution in [0.5, 0.6) is 0 Å². The van der Waals surface area contributed by atoms with Crippen molar-refractivity contribution in [2.75, 3.05) is 6.54 Å². The number of aromatic amines is 2. The highest BCUT2D eigenvalue weighted by molar-refractivity contribution is 6.41. The summed E-state index contributed by atoms with van der Waals surface area (Å²) in [6, 6.07) is 16.8. The number of amides is 1. The third-order valence-corrected chi connectivity index (χ3v) is 7.38. The highest BCUT2D eigenvalue weighted by Gasteiger charge is 2.28. The Bertz CT molecular complexity index is 1370. The zero-order valence-electron chi connectivity index (χ0n) is 19.0. The van der Waals surface area contributed by atoms with E-state index in [1.165, 1.54) is 28.2 Å². The van der Waals surface area contributed by atoms with Crippen molar-refractivity contribution in [2.45, 2.75) is 31.8 Å². The summed E-state index contributed by atoms with van der Waals surface area (Å²) >= 11 is 12.4. The number of carbonyl (C=O) groups is 1. The minimum atomic E-state index is -0.546. The van der Waals surface area contributed by atoms with Gasteiger partial charge in [-0.1, -0.05) is 59.6 Å². The molecule has 1 aliphatic rings. The first-order chi connectivity index (χ1) is 17.0. The van der Waals surface area contributed by atoms with E-state index in [0.29, 0.717) is 16.7 Å². The molecule has 1 atom stereocenters. The molecule has 0 spiro atoms. The number of rotatable bonds is 8. The molecule has 4 N–H and O–H groups in total. The second-order valence-electron chi connectivity index (χ2n) is 8.86. The number of aryl methyl sites for hydroxylation is 1. The number of hydrogen-bond donors (Lipinski definition) is 4. The van der Waals surface area contributed by atoms with Crippen molar-refractivity contribution in [3.63, 3.8) is 0 Å². The van der Waals surface area contributed by atoms with Gasteiger partial charge >= 0.3 is 0 Å². The van der Waals surface area contributed by atoms with Gasteiger partial charge < -0.3 is 9.97 Å². The van der Waals surface area contributed by atoms with Gasteiger partial charge in [-0.25, -0.2) is 5.48 Å². The number of H-pyrrole nitrogens is 2. The number of hydrogen-bond acceptors (Lipinski definition) is 3. The molecule has 5 rings (SSSR count). The molecule has 0 saturated heterocycles. The number of aromatic nitrogens is 2. The van der Waals surface area contributed by atoms with Crippen LogP contribution >= 0.6 is 23.2 Å².